The summed E-state index contributed by atoms with van der Waals surface area (Å²) in [4.78, 5) is 32.3. The Morgan fingerprint density at radius 3 is 2.49 bits per heavy atom. The number of nitrogens with zero attached hydrogens (tertiary/aromatic N) is 3. The highest BCUT2D eigenvalue weighted by Crippen LogP contribution is 2.41. The summed E-state index contributed by atoms with van der Waals surface area (Å²) in [5, 5.41) is 11.4. The van der Waals surface area contributed by atoms with Crippen molar-refractivity contribution in [3.05, 3.63) is 114 Å². The molecule has 3 aromatic carbocycles. The van der Waals surface area contributed by atoms with Crippen molar-refractivity contribution in [3.63, 3.8) is 0 Å². The van der Waals surface area contributed by atoms with E-state index < -0.39 is 17.7 Å². The maximum absolute atomic E-state index is 13.4. The number of aromatic nitrogens is 2. The number of Topliss-reactive ketones (excluding diaryl/α,β-unsaturated/α-hetero) is 1. The molecule has 1 amide bonds. The highest BCUT2D eigenvalue weighted by Gasteiger charge is 2.45. The third-order valence-electron chi connectivity index (χ3n) is 7.17. The van der Waals surface area contributed by atoms with Crippen LogP contribution in [0.25, 0.3) is 5.76 Å². The Hall–Kier alpha value is -5.05. The van der Waals surface area contributed by atoms with E-state index in [0.29, 0.717) is 67.7 Å². The zero-order chi connectivity index (χ0) is 28.2. The SMILES string of the molecule is O=C1C(=O)N(CCCn2ccnc2)C(c2ccc(OCc3ccccc3)cc2)/C1=C(/O)c1ccc2c(c1)OCCO2. The number of carbonyl (C=O) groups excluding carboxylic acids is 2. The molecule has 9 heteroatoms. The number of aliphatic hydroxyl groups excluding tert-OH is 1. The molecular weight excluding hydrogens is 522 g/mol. The predicted molar refractivity (Wildman–Crippen MR) is 151 cm³/mol. The molecule has 2 aliphatic heterocycles. The van der Waals surface area contributed by atoms with Gasteiger partial charge in [0.05, 0.1) is 17.9 Å². The first-order valence-electron chi connectivity index (χ1n) is 13.5. The minimum absolute atomic E-state index is 0.0345. The van der Waals surface area contributed by atoms with Crippen molar-refractivity contribution in [1.29, 1.82) is 0 Å². The molecular formula is C32H29N3O6. The van der Waals surface area contributed by atoms with E-state index >= 15 is 0 Å². The minimum atomic E-state index is -0.769. The predicted octanol–water partition coefficient (Wildman–Crippen LogP) is 4.75. The van der Waals surface area contributed by atoms with Gasteiger partial charge < -0.3 is 28.8 Å². The van der Waals surface area contributed by atoms with E-state index in [0.717, 1.165) is 5.56 Å². The minimum Gasteiger partial charge on any atom is -0.507 e. The molecule has 1 saturated heterocycles. The lowest BCUT2D eigenvalue weighted by Gasteiger charge is -2.26. The largest absolute Gasteiger partial charge is 0.507 e. The van der Waals surface area contributed by atoms with Gasteiger partial charge in [0, 0.05) is 31.0 Å². The summed E-state index contributed by atoms with van der Waals surface area (Å²) in [6.45, 7) is 2.18. The fourth-order valence-corrected chi connectivity index (χ4v) is 5.13. The maximum atomic E-state index is 13.4. The van der Waals surface area contributed by atoms with Gasteiger partial charge in [-0.15, -0.1) is 0 Å². The molecule has 4 aromatic rings. The topological polar surface area (TPSA) is 103 Å². The Bertz CT molecular complexity index is 1560. The second-order valence-corrected chi connectivity index (χ2v) is 9.85. The fourth-order valence-electron chi connectivity index (χ4n) is 5.13. The molecule has 1 N–H and O–H groups in total. The van der Waals surface area contributed by atoms with Crippen LogP contribution in [0.3, 0.4) is 0 Å². The molecule has 0 radical (unpaired) electrons. The lowest BCUT2D eigenvalue weighted by molar-refractivity contribution is -0.139. The summed E-state index contributed by atoms with van der Waals surface area (Å²) in [7, 11) is 0. The third kappa shape index (κ3) is 5.51. The van der Waals surface area contributed by atoms with Crippen molar-refractivity contribution in [2.75, 3.05) is 19.8 Å². The van der Waals surface area contributed by atoms with Crippen molar-refractivity contribution < 1.29 is 28.9 Å². The van der Waals surface area contributed by atoms with Gasteiger partial charge in [-0.2, -0.15) is 0 Å². The Morgan fingerprint density at radius 1 is 0.951 bits per heavy atom. The van der Waals surface area contributed by atoms with Crippen LogP contribution in [0.15, 0.2) is 97.1 Å². The maximum Gasteiger partial charge on any atom is 0.295 e. The molecule has 2 aliphatic rings. The van der Waals surface area contributed by atoms with Crippen LogP contribution in [0.5, 0.6) is 17.2 Å². The van der Waals surface area contributed by atoms with E-state index in [9.17, 15) is 14.7 Å². The number of hydrogen-bond donors (Lipinski definition) is 1. The number of benzene rings is 3. The molecule has 0 spiro atoms. The van der Waals surface area contributed by atoms with Gasteiger partial charge in [0.2, 0.25) is 0 Å². The first kappa shape index (κ1) is 26.2. The molecule has 1 atom stereocenters. The van der Waals surface area contributed by atoms with Crippen LogP contribution < -0.4 is 14.2 Å². The monoisotopic (exact) mass is 551 g/mol. The van der Waals surface area contributed by atoms with E-state index in [1.165, 1.54) is 4.90 Å². The van der Waals surface area contributed by atoms with Crippen molar-refractivity contribution in [2.24, 2.45) is 0 Å². The van der Waals surface area contributed by atoms with Gasteiger partial charge in [-0.05, 0) is 47.9 Å². The summed E-state index contributed by atoms with van der Waals surface area (Å²) in [5.74, 6) is 0.0635. The van der Waals surface area contributed by atoms with Crippen molar-refractivity contribution in [3.8, 4) is 17.2 Å². The Labute approximate surface area is 237 Å². The summed E-state index contributed by atoms with van der Waals surface area (Å²) in [6, 6.07) is 21.4. The zero-order valence-corrected chi connectivity index (χ0v) is 22.3. The Morgan fingerprint density at radius 2 is 1.73 bits per heavy atom. The number of rotatable bonds is 9. The number of fused-ring (bicyclic) bond motifs is 1. The number of likely N-dealkylation sites (tertiary alicyclic amines) is 1. The van der Waals surface area contributed by atoms with Crippen LogP contribution in [-0.2, 0) is 22.7 Å². The molecule has 9 nitrogen and oxygen atoms in total. The molecule has 3 heterocycles. The first-order valence-corrected chi connectivity index (χ1v) is 13.5. The number of imidazole rings is 1. The molecule has 1 fully saturated rings. The van der Waals surface area contributed by atoms with E-state index in [-0.39, 0.29) is 11.3 Å². The molecule has 0 saturated carbocycles. The molecule has 41 heavy (non-hydrogen) atoms. The summed E-state index contributed by atoms with van der Waals surface area (Å²) in [5.41, 5.74) is 2.14. The Kier molecular flexibility index (Phi) is 7.40. The van der Waals surface area contributed by atoms with Gasteiger partial charge in [0.25, 0.3) is 11.7 Å². The zero-order valence-electron chi connectivity index (χ0n) is 22.3. The number of ether oxygens (including phenoxy) is 3. The Balaban J connectivity index is 1.31. The van der Waals surface area contributed by atoms with Crippen LogP contribution >= 0.6 is 0 Å². The number of hydrogen-bond acceptors (Lipinski definition) is 7. The average Bonchev–Trinajstić information content (AvgIpc) is 3.63. The second-order valence-electron chi connectivity index (χ2n) is 9.85. The van der Waals surface area contributed by atoms with Crippen LogP contribution in [0.1, 0.15) is 29.2 Å². The van der Waals surface area contributed by atoms with E-state index in [4.69, 9.17) is 14.2 Å². The molecule has 1 unspecified atom stereocenters. The van der Waals surface area contributed by atoms with Gasteiger partial charge in [0.1, 0.15) is 31.3 Å². The lowest BCUT2D eigenvalue weighted by atomic mass is 9.95. The summed E-state index contributed by atoms with van der Waals surface area (Å²) < 4.78 is 19.1. The van der Waals surface area contributed by atoms with Gasteiger partial charge >= 0.3 is 0 Å². The van der Waals surface area contributed by atoms with Crippen LogP contribution in [-0.4, -0.2) is 51.0 Å². The van der Waals surface area contributed by atoms with Crippen LogP contribution in [0.4, 0.5) is 0 Å². The van der Waals surface area contributed by atoms with Crippen molar-refractivity contribution in [1.82, 2.24) is 14.5 Å². The smallest absolute Gasteiger partial charge is 0.295 e. The lowest BCUT2D eigenvalue weighted by Crippen LogP contribution is -2.31. The molecule has 6 rings (SSSR count). The number of amides is 1. The molecule has 208 valence electrons. The van der Waals surface area contributed by atoms with Crippen LogP contribution in [0.2, 0.25) is 0 Å². The highest BCUT2D eigenvalue weighted by atomic mass is 16.6. The number of carbonyl (C=O) groups is 2. The van der Waals surface area contributed by atoms with Crippen molar-refractivity contribution >= 4 is 17.4 Å². The molecule has 0 aliphatic carbocycles. The summed E-state index contributed by atoms with van der Waals surface area (Å²) >= 11 is 0. The quantitative estimate of drug-likeness (QED) is 0.182. The third-order valence-corrected chi connectivity index (χ3v) is 7.17. The van der Waals surface area contributed by atoms with Crippen LogP contribution in [0, 0.1) is 0 Å². The van der Waals surface area contributed by atoms with Crippen molar-refractivity contribution in [2.45, 2.75) is 25.6 Å². The summed E-state index contributed by atoms with van der Waals surface area (Å²) in [6.07, 6.45) is 5.85. The number of aliphatic hydroxyl groups is 1. The van der Waals surface area contributed by atoms with E-state index in [1.807, 2.05) is 65.4 Å². The van der Waals surface area contributed by atoms with Gasteiger partial charge in [-0.25, -0.2) is 4.98 Å². The highest BCUT2D eigenvalue weighted by molar-refractivity contribution is 6.46. The van der Waals surface area contributed by atoms with Gasteiger partial charge in [-0.1, -0.05) is 42.5 Å². The molecule has 0 bridgehead atoms. The van der Waals surface area contributed by atoms with Gasteiger partial charge in [0.15, 0.2) is 11.5 Å². The van der Waals surface area contributed by atoms with Gasteiger partial charge in [-0.3, -0.25) is 9.59 Å². The van der Waals surface area contributed by atoms with E-state index in [1.54, 1.807) is 30.7 Å². The van der Waals surface area contributed by atoms with E-state index in [2.05, 4.69) is 4.98 Å². The number of aryl methyl sites for hydroxylation is 1. The average molecular weight is 552 g/mol. The number of ketones is 1. The second kappa shape index (κ2) is 11.6. The fraction of sp³-hybridized carbons (Fsp3) is 0.219. The standard InChI is InChI=1S/C32H29N3O6/c36-30(24-9-12-26-27(19-24)40-18-17-39-26)28-29(35(32(38)31(28)37)15-4-14-34-16-13-33-21-34)23-7-10-25(11-8-23)41-20-22-5-2-1-3-6-22/h1-3,5-13,16,19,21,29,36H,4,14-15,17-18,20H2/b30-28-. The normalized spacial score (nSPS) is 17.6. The first-order chi connectivity index (χ1) is 20.1. The molecule has 1 aromatic heterocycles.